The van der Waals surface area contributed by atoms with Gasteiger partial charge in [0.05, 0.1) is 33.8 Å². The molecule has 0 aromatic heterocycles. The number of quaternary nitrogens is 1. The van der Waals surface area contributed by atoms with Crippen molar-refractivity contribution in [1.29, 1.82) is 0 Å². The average molecular weight is 437 g/mol. The molecule has 0 aromatic carbocycles. The SMILES string of the molecule is CCCCCCCCCCCC(=O)N=CCC[N+](C)(C)CC.CCOS(=O)(=O)[O-]. The maximum atomic E-state index is 11.6. The van der Waals surface area contributed by atoms with E-state index >= 15 is 0 Å². The Bertz CT molecular complexity index is 519. The van der Waals surface area contributed by atoms with Crippen LogP contribution in [0.5, 0.6) is 0 Å². The second-order valence-electron chi connectivity index (χ2n) is 7.86. The lowest BCUT2D eigenvalue weighted by atomic mass is 10.1. The van der Waals surface area contributed by atoms with Crippen LogP contribution in [0.4, 0.5) is 0 Å². The zero-order valence-electron chi connectivity index (χ0n) is 19.3. The molecule has 0 bridgehead atoms. The van der Waals surface area contributed by atoms with Crippen molar-refractivity contribution in [3.63, 3.8) is 0 Å². The zero-order valence-corrected chi connectivity index (χ0v) is 20.1. The Morgan fingerprint density at radius 3 is 1.90 bits per heavy atom. The molecule has 0 fully saturated rings. The van der Waals surface area contributed by atoms with Gasteiger partial charge in [0.1, 0.15) is 0 Å². The van der Waals surface area contributed by atoms with Crippen molar-refractivity contribution < 1.29 is 26.4 Å². The van der Waals surface area contributed by atoms with Crippen molar-refractivity contribution in [2.75, 3.05) is 33.8 Å². The molecule has 0 aliphatic heterocycles. The van der Waals surface area contributed by atoms with E-state index in [1.807, 2.05) is 6.21 Å². The fourth-order valence-electron chi connectivity index (χ4n) is 2.53. The smallest absolute Gasteiger partial charge is 0.245 e. The highest BCUT2D eigenvalue weighted by molar-refractivity contribution is 7.80. The first-order valence-corrected chi connectivity index (χ1v) is 12.4. The van der Waals surface area contributed by atoms with Crippen molar-refractivity contribution in [2.24, 2.45) is 4.99 Å². The Labute approximate surface area is 179 Å². The first kappa shape index (κ1) is 30.4. The molecule has 0 spiro atoms. The van der Waals surface area contributed by atoms with Gasteiger partial charge in [-0.25, -0.2) is 13.4 Å². The molecule has 0 rings (SSSR count). The summed E-state index contributed by atoms with van der Waals surface area (Å²) >= 11 is 0. The molecule has 0 saturated carbocycles. The quantitative estimate of drug-likeness (QED) is 0.117. The van der Waals surface area contributed by atoms with Gasteiger partial charge in [-0.1, -0.05) is 58.3 Å². The number of carbonyl (C=O) groups excluding carboxylic acids is 1. The molecule has 8 heteroatoms. The van der Waals surface area contributed by atoms with Crippen LogP contribution in [0.2, 0.25) is 0 Å². The van der Waals surface area contributed by atoms with Crippen molar-refractivity contribution in [2.45, 2.75) is 91.4 Å². The molecule has 7 nitrogen and oxygen atoms in total. The molecule has 0 radical (unpaired) electrons. The third-order valence-corrected chi connectivity index (χ3v) is 5.24. The molecule has 0 unspecified atom stereocenters. The molecule has 0 saturated heterocycles. The molecule has 29 heavy (non-hydrogen) atoms. The molecule has 0 aliphatic carbocycles. The van der Waals surface area contributed by atoms with Gasteiger partial charge in [0.15, 0.2) is 0 Å². The van der Waals surface area contributed by atoms with Crippen LogP contribution in [0.25, 0.3) is 0 Å². The van der Waals surface area contributed by atoms with Crippen LogP contribution >= 0.6 is 0 Å². The average Bonchev–Trinajstić information content (AvgIpc) is 2.63. The highest BCUT2D eigenvalue weighted by Gasteiger charge is 2.09. The van der Waals surface area contributed by atoms with E-state index in [1.165, 1.54) is 58.3 Å². The number of amides is 1. The number of carbonyl (C=O) groups is 1. The lowest BCUT2D eigenvalue weighted by Crippen LogP contribution is -2.40. The van der Waals surface area contributed by atoms with Gasteiger partial charge in [0, 0.05) is 19.1 Å². The Morgan fingerprint density at radius 1 is 0.966 bits per heavy atom. The molecule has 0 N–H and O–H groups in total. The number of nitrogens with zero attached hydrogens (tertiary/aromatic N) is 2. The van der Waals surface area contributed by atoms with Crippen LogP contribution in [0.15, 0.2) is 4.99 Å². The van der Waals surface area contributed by atoms with Crippen molar-refractivity contribution in [3.8, 4) is 0 Å². The number of rotatable bonds is 16. The second kappa shape index (κ2) is 19.2. The lowest BCUT2D eigenvalue weighted by molar-refractivity contribution is -0.887. The number of aliphatic imine (C=N–C) groups is 1. The first-order valence-electron chi connectivity index (χ1n) is 11.1. The lowest BCUT2D eigenvalue weighted by Gasteiger charge is -2.27. The van der Waals surface area contributed by atoms with E-state index in [-0.39, 0.29) is 12.5 Å². The summed E-state index contributed by atoms with van der Waals surface area (Å²) in [6.07, 6.45) is 14.9. The van der Waals surface area contributed by atoms with Crippen LogP contribution in [-0.2, 0) is 19.4 Å². The summed E-state index contributed by atoms with van der Waals surface area (Å²) in [6.45, 7) is 7.93. The van der Waals surface area contributed by atoms with Crippen LogP contribution in [0.1, 0.15) is 91.4 Å². The van der Waals surface area contributed by atoms with Crippen LogP contribution in [0.3, 0.4) is 0 Å². The molecule has 0 heterocycles. The third-order valence-electron chi connectivity index (χ3n) is 4.71. The monoisotopic (exact) mass is 436 g/mol. The maximum Gasteiger partial charge on any atom is 0.245 e. The summed E-state index contributed by atoms with van der Waals surface area (Å²) in [5.74, 6) is 0.0600. The van der Waals surface area contributed by atoms with Gasteiger partial charge in [0.25, 0.3) is 0 Å². The van der Waals surface area contributed by atoms with E-state index in [9.17, 15) is 17.8 Å². The Hall–Kier alpha value is -0.830. The summed E-state index contributed by atoms with van der Waals surface area (Å²) in [5, 5.41) is 0. The van der Waals surface area contributed by atoms with E-state index in [1.54, 1.807) is 0 Å². The molecule has 1 amide bonds. The van der Waals surface area contributed by atoms with Crippen LogP contribution in [0, 0.1) is 0 Å². The highest BCUT2D eigenvalue weighted by Crippen LogP contribution is 2.10. The minimum Gasteiger partial charge on any atom is -0.726 e. The molecule has 0 atom stereocenters. The van der Waals surface area contributed by atoms with E-state index in [4.69, 9.17) is 0 Å². The van der Waals surface area contributed by atoms with Gasteiger partial charge in [-0.3, -0.25) is 8.98 Å². The summed E-state index contributed by atoms with van der Waals surface area (Å²) in [7, 11) is -0.0117. The van der Waals surface area contributed by atoms with E-state index in [0.29, 0.717) is 6.42 Å². The number of unbranched alkanes of at least 4 members (excludes halogenated alkanes) is 8. The number of hydrogen-bond donors (Lipinski definition) is 0. The van der Waals surface area contributed by atoms with E-state index in [0.717, 1.165) is 30.4 Å². The normalized spacial score (nSPS) is 12.1. The van der Waals surface area contributed by atoms with Crippen molar-refractivity contribution >= 4 is 22.5 Å². The van der Waals surface area contributed by atoms with Crippen LogP contribution in [-0.4, -0.2) is 63.4 Å². The highest BCUT2D eigenvalue weighted by atomic mass is 32.3. The summed E-state index contributed by atoms with van der Waals surface area (Å²) in [5.41, 5.74) is 0. The van der Waals surface area contributed by atoms with Gasteiger partial charge in [0.2, 0.25) is 16.3 Å². The third kappa shape index (κ3) is 27.2. The Balaban J connectivity index is 0. The Morgan fingerprint density at radius 2 is 1.48 bits per heavy atom. The van der Waals surface area contributed by atoms with Gasteiger partial charge in [-0.2, -0.15) is 0 Å². The molecular weight excluding hydrogens is 392 g/mol. The van der Waals surface area contributed by atoms with Gasteiger partial charge in [-0.15, -0.1) is 0 Å². The number of hydrogen-bond acceptors (Lipinski definition) is 5. The topological polar surface area (TPSA) is 95.9 Å². The fraction of sp³-hybridized carbons (Fsp3) is 0.905. The fourth-order valence-corrected chi connectivity index (χ4v) is 2.82. The predicted molar refractivity (Wildman–Crippen MR) is 119 cm³/mol. The first-order chi connectivity index (χ1) is 13.6. The minimum atomic E-state index is -4.42. The molecule has 0 aliphatic rings. The van der Waals surface area contributed by atoms with Crippen molar-refractivity contribution in [1.82, 2.24) is 0 Å². The Kier molecular flexibility index (Phi) is 20.1. The molecule has 0 aromatic rings. The van der Waals surface area contributed by atoms with Crippen LogP contribution < -0.4 is 0 Å². The zero-order chi connectivity index (χ0) is 22.6. The van der Waals surface area contributed by atoms with E-state index in [2.05, 4.69) is 37.1 Å². The van der Waals surface area contributed by atoms with E-state index < -0.39 is 10.4 Å². The van der Waals surface area contributed by atoms with Gasteiger partial charge in [-0.05, 0) is 20.3 Å². The standard InChI is InChI=1S/C19H39N2O.C2H6O4S/c1-5-7-8-9-10-11-12-13-14-16-19(22)20-17-15-18-21(3,4)6-2;1-2-6-7(3,4)5/h17H,5-16,18H2,1-4H3;2H2,1H3,(H,3,4,5)/q+1;/p-1. The van der Waals surface area contributed by atoms with Crippen molar-refractivity contribution in [3.05, 3.63) is 0 Å². The minimum absolute atomic E-state index is 0.0600. The summed E-state index contributed by atoms with van der Waals surface area (Å²) in [4.78, 5) is 15.7. The summed E-state index contributed by atoms with van der Waals surface area (Å²) < 4.78 is 33.0. The predicted octanol–water partition coefficient (Wildman–Crippen LogP) is 4.47. The summed E-state index contributed by atoms with van der Waals surface area (Å²) in [6, 6.07) is 0. The van der Waals surface area contributed by atoms with Gasteiger partial charge >= 0.3 is 0 Å². The second-order valence-corrected chi connectivity index (χ2v) is 8.92. The maximum absolute atomic E-state index is 11.6. The molecule has 174 valence electrons. The largest absolute Gasteiger partial charge is 0.726 e. The molecular formula is C21H44N2O5S. The van der Waals surface area contributed by atoms with Gasteiger partial charge < -0.3 is 9.04 Å².